The summed E-state index contributed by atoms with van der Waals surface area (Å²) in [6.45, 7) is 5.97. The first-order valence-corrected chi connectivity index (χ1v) is 12.0. The zero-order valence-corrected chi connectivity index (χ0v) is 20.0. The van der Waals surface area contributed by atoms with Gasteiger partial charge in [0, 0.05) is 5.92 Å². The predicted molar refractivity (Wildman–Crippen MR) is 131 cm³/mol. The van der Waals surface area contributed by atoms with Crippen molar-refractivity contribution in [3.05, 3.63) is 59.7 Å². The lowest BCUT2D eigenvalue weighted by molar-refractivity contribution is -0.142. The second kappa shape index (κ2) is 11.7. The molecule has 2 atom stereocenters. The van der Waals surface area contributed by atoms with Gasteiger partial charge in [-0.05, 0) is 41.0 Å². The van der Waals surface area contributed by atoms with Gasteiger partial charge in [0.25, 0.3) is 0 Å². The lowest BCUT2D eigenvalue weighted by Gasteiger charge is -2.23. The van der Waals surface area contributed by atoms with E-state index in [1.54, 1.807) is 0 Å². The van der Waals surface area contributed by atoms with Crippen LogP contribution in [-0.4, -0.2) is 41.8 Å². The summed E-state index contributed by atoms with van der Waals surface area (Å²) < 4.78 is 5.57. The Balaban J connectivity index is 1.65. The molecular formula is C27H34N2O5. The van der Waals surface area contributed by atoms with Crippen molar-refractivity contribution in [2.75, 3.05) is 6.61 Å². The zero-order chi connectivity index (χ0) is 24.7. The maximum atomic E-state index is 12.8. The number of alkyl carbamates (subject to hydrolysis) is 1. The Labute approximate surface area is 200 Å². The number of hydrogen-bond donors (Lipinski definition) is 3. The minimum absolute atomic E-state index is 0.0824. The van der Waals surface area contributed by atoms with Gasteiger partial charge < -0.3 is 20.5 Å². The predicted octanol–water partition coefficient (Wildman–Crippen LogP) is 4.70. The standard InChI is InChI=1S/C27H34N2O5/c1-4-5-14-23(26(31)32)28-25(30)24(15-17(2)3)29-27(33)34-16-22-20-12-8-6-10-18(20)19-11-7-9-13-21(19)22/h6-13,17,22-24H,4-5,14-16H2,1-3H3,(H,28,30)(H,29,33)(H,31,32). The van der Waals surface area contributed by atoms with Gasteiger partial charge in [-0.1, -0.05) is 82.1 Å². The molecule has 3 rings (SSSR count). The van der Waals surface area contributed by atoms with E-state index in [1.165, 1.54) is 0 Å². The number of carbonyl (C=O) groups excluding carboxylic acids is 2. The first-order chi connectivity index (χ1) is 16.3. The summed E-state index contributed by atoms with van der Waals surface area (Å²) in [5, 5.41) is 14.7. The number of carboxylic acid groups (broad SMARTS) is 1. The van der Waals surface area contributed by atoms with E-state index in [0.717, 1.165) is 28.7 Å². The van der Waals surface area contributed by atoms with Gasteiger partial charge in [-0.25, -0.2) is 9.59 Å². The van der Waals surface area contributed by atoms with Crippen LogP contribution in [0.5, 0.6) is 0 Å². The molecule has 0 saturated heterocycles. The highest BCUT2D eigenvalue weighted by Crippen LogP contribution is 2.44. The first kappa shape index (κ1) is 25.3. The molecule has 0 aromatic heterocycles. The molecule has 34 heavy (non-hydrogen) atoms. The van der Waals surface area contributed by atoms with Crippen LogP contribution in [-0.2, 0) is 14.3 Å². The molecule has 2 amide bonds. The molecule has 2 aromatic rings. The van der Waals surface area contributed by atoms with Crippen molar-refractivity contribution in [1.82, 2.24) is 10.6 Å². The van der Waals surface area contributed by atoms with Crippen molar-refractivity contribution in [2.45, 2.75) is 64.5 Å². The fourth-order valence-electron chi connectivity index (χ4n) is 4.42. The van der Waals surface area contributed by atoms with Crippen molar-refractivity contribution in [3.63, 3.8) is 0 Å². The normalized spacial score (nSPS) is 14.1. The Morgan fingerprint density at radius 3 is 2.06 bits per heavy atom. The molecule has 0 spiro atoms. The number of benzene rings is 2. The Bertz CT molecular complexity index is 974. The van der Waals surface area contributed by atoms with Crippen LogP contribution in [0.1, 0.15) is 63.5 Å². The minimum Gasteiger partial charge on any atom is -0.480 e. The third kappa shape index (κ3) is 6.16. The van der Waals surface area contributed by atoms with Crippen LogP contribution >= 0.6 is 0 Å². The van der Waals surface area contributed by atoms with E-state index < -0.39 is 30.1 Å². The van der Waals surface area contributed by atoms with Gasteiger partial charge in [0.2, 0.25) is 5.91 Å². The maximum absolute atomic E-state index is 12.8. The molecule has 0 bridgehead atoms. The van der Waals surface area contributed by atoms with Crippen LogP contribution in [0.2, 0.25) is 0 Å². The number of nitrogens with one attached hydrogen (secondary N) is 2. The molecule has 0 radical (unpaired) electrons. The molecule has 3 N–H and O–H groups in total. The zero-order valence-electron chi connectivity index (χ0n) is 20.0. The number of ether oxygens (including phenoxy) is 1. The summed E-state index contributed by atoms with van der Waals surface area (Å²) in [5.74, 6) is -1.55. The fourth-order valence-corrected chi connectivity index (χ4v) is 4.42. The maximum Gasteiger partial charge on any atom is 0.407 e. The second-order valence-corrected chi connectivity index (χ2v) is 9.19. The summed E-state index contributed by atoms with van der Waals surface area (Å²) >= 11 is 0. The largest absolute Gasteiger partial charge is 0.480 e. The van der Waals surface area contributed by atoms with E-state index >= 15 is 0 Å². The van der Waals surface area contributed by atoms with Crippen molar-refractivity contribution in [3.8, 4) is 11.1 Å². The summed E-state index contributed by atoms with van der Waals surface area (Å²) in [4.78, 5) is 37.0. The Morgan fingerprint density at radius 2 is 1.53 bits per heavy atom. The van der Waals surface area contributed by atoms with Gasteiger partial charge in [-0.2, -0.15) is 0 Å². The third-order valence-electron chi connectivity index (χ3n) is 6.12. The first-order valence-electron chi connectivity index (χ1n) is 12.0. The number of amides is 2. The number of hydrogen-bond acceptors (Lipinski definition) is 4. The monoisotopic (exact) mass is 466 g/mol. The van der Waals surface area contributed by atoms with E-state index in [9.17, 15) is 19.5 Å². The topological polar surface area (TPSA) is 105 Å². The van der Waals surface area contributed by atoms with Crippen LogP contribution in [0.15, 0.2) is 48.5 Å². The second-order valence-electron chi connectivity index (χ2n) is 9.19. The van der Waals surface area contributed by atoms with E-state index in [0.29, 0.717) is 19.3 Å². The average Bonchev–Trinajstić information content (AvgIpc) is 3.13. The van der Waals surface area contributed by atoms with Gasteiger partial charge in [0.15, 0.2) is 0 Å². The van der Waals surface area contributed by atoms with Crippen LogP contribution in [0.4, 0.5) is 4.79 Å². The summed E-state index contributed by atoms with van der Waals surface area (Å²) in [6.07, 6.45) is 1.54. The molecule has 7 heteroatoms. The number of aliphatic carboxylic acids is 1. The third-order valence-corrected chi connectivity index (χ3v) is 6.12. The molecule has 2 unspecified atom stereocenters. The SMILES string of the molecule is CCCCC(NC(=O)C(CC(C)C)NC(=O)OCC1c2ccccc2-c2ccccc21)C(=O)O. The lowest BCUT2D eigenvalue weighted by atomic mass is 9.98. The van der Waals surface area contributed by atoms with Crippen LogP contribution < -0.4 is 10.6 Å². The van der Waals surface area contributed by atoms with Gasteiger partial charge in [-0.3, -0.25) is 4.79 Å². The number of rotatable bonds is 11. The number of carbonyl (C=O) groups is 3. The molecule has 182 valence electrons. The quantitative estimate of drug-likeness (QED) is 0.445. The van der Waals surface area contributed by atoms with Crippen molar-refractivity contribution in [2.24, 2.45) is 5.92 Å². The highest BCUT2D eigenvalue weighted by atomic mass is 16.5. The Hall–Kier alpha value is -3.35. The average molecular weight is 467 g/mol. The summed E-state index contributed by atoms with van der Waals surface area (Å²) in [6, 6.07) is 14.3. The van der Waals surface area contributed by atoms with E-state index in [-0.39, 0.29) is 18.4 Å². The molecule has 7 nitrogen and oxygen atoms in total. The van der Waals surface area contributed by atoms with Gasteiger partial charge >= 0.3 is 12.1 Å². The molecule has 1 aliphatic rings. The summed E-state index contributed by atoms with van der Waals surface area (Å²) in [7, 11) is 0. The molecule has 2 aromatic carbocycles. The fraction of sp³-hybridized carbons (Fsp3) is 0.444. The minimum atomic E-state index is -1.08. The van der Waals surface area contributed by atoms with Crippen molar-refractivity contribution < 1.29 is 24.2 Å². The van der Waals surface area contributed by atoms with Crippen LogP contribution in [0.25, 0.3) is 11.1 Å². The van der Waals surface area contributed by atoms with E-state index in [2.05, 4.69) is 22.8 Å². The van der Waals surface area contributed by atoms with E-state index in [1.807, 2.05) is 57.2 Å². The number of unbranched alkanes of at least 4 members (excludes halogenated alkanes) is 1. The summed E-state index contributed by atoms with van der Waals surface area (Å²) in [5.41, 5.74) is 4.48. The van der Waals surface area contributed by atoms with Crippen molar-refractivity contribution in [1.29, 1.82) is 0 Å². The number of fused-ring (bicyclic) bond motifs is 3. The highest BCUT2D eigenvalue weighted by molar-refractivity contribution is 5.89. The molecule has 0 heterocycles. The van der Waals surface area contributed by atoms with Crippen LogP contribution in [0, 0.1) is 5.92 Å². The molecule has 1 aliphatic carbocycles. The highest BCUT2D eigenvalue weighted by Gasteiger charge is 2.31. The molecular weight excluding hydrogens is 432 g/mol. The Morgan fingerprint density at radius 1 is 0.941 bits per heavy atom. The Kier molecular flexibility index (Phi) is 8.68. The molecule has 0 aliphatic heterocycles. The molecule has 0 saturated carbocycles. The lowest BCUT2D eigenvalue weighted by Crippen LogP contribution is -2.52. The van der Waals surface area contributed by atoms with Crippen LogP contribution in [0.3, 0.4) is 0 Å². The van der Waals surface area contributed by atoms with E-state index in [4.69, 9.17) is 4.74 Å². The van der Waals surface area contributed by atoms with Gasteiger partial charge in [0.05, 0.1) is 0 Å². The molecule has 0 fully saturated rings. The van der Waals surface area contributed by atoms with Crippen molar-refractivity contribution >= 4 is 18.0 Å². The number of carboxylic acids is 1. The van der Waals surface area contributed by atoms with Gasteiger partial charge in [-0.15, -0.1) is 0 Å². The van der Waals surface area contributed by atoms with Gasteiger partial charge in [0.1, 0.15) is 18.7 Å². The smallest absolute Gasteiger partial charge is 0.407 e.